The lowest BCUT2D eigenvalue weighted by atomic mass is 9.88. The molecule has 0 unspecified atom stereocenters. The summed E-state index contributed by atoms with van der Waals surface area (Å²) in [6.07, 6.45) is 0.413. The van der Waals surface area contributed by atoms with Gasteiger partial charge in [0.2, 0.25) is 11.8 Å². The quantitative estimate of drug-likeness (QED) is 0.818. The highest BCUT2D eigenvalue weighted by molar-refractivity contribution is 5.79. The topological polar surface area (TPSA) is 49.9 Å². The second kappa shape index (κ2) is 8.71. The number of ether oxygens (including phenoxy) is 1. The number of hydrogen-bond acceptors (Lipinski definition) is 3. The summed E-state index contributed by atoms with van der Waals surface area (Å²) in [7, 11) is 1.65. The van der Waals surface area contributed by atoms with E-state index in [-0.39, 0.29) is 17.7 Å². The molecule has 27 heavy (non-hydrogen) atoms. The van der Waals surface area contributed by atoms with E-state index in [4.69, 9.17) is 4.74 Å². The average molecular weight is 366 g/mol. The van der Waals surface area contributed by atoms with Crippen molar-refractivity contribution >= 4 is 11.8 Å². The largest absolute Gasteiger partial charge is 0.497 e. The fraction of sp³-hybridized carbons (Fsp3) is 0.364. The van der Waals surface area contributed by atoms with Gasteiger partial charge in [0.15, 0.2) is 0 Å². The van der Waals surface area contributed by atoms with Crippen molar-refractivity contribution in [3.05, 3.63) is 65.7 Å². The standard InChI is InChI=1S/C22H26N2O3/c1-17(25)23-12-14-24(15-13-23)22(26)16-21(18-6-4-3-5-7-18)19-8-10-20(27-2)11-9-19/h3-11,21H,12-16H2,1-2H3/t21-/m0/s1. The van der Waals surface area contributed by atoms with Crippen LogP contribution in [-0.2, 0) is 9.59 Å². The van der Waals surface area contributed by atoms with Crippen LogP contribution in [0.15, 0.2) is 54.6 Å². The van der Waals surface area contributed by atoms with Crippen molar-refractivity contribution in [1.29, 1.82) is 0 Å². The highest BCUT2D eigenvalue weighted by Gasteiger charge is 2.26. The Morgan fingerprint density at radius 2 is 1.44 bits per heavy atom. The molecule has 5 heteroatoms. The van der Waals surface area contributed by atoms with Crippen LogP contribution in [0.1, 0.15) is 30.4 Å². The van der Waals surface area contributed by atoms with Crippen molar-refractivity contribution in [3.63, 3.8) is 0 Å². The molecule has 0 aliphatic carbocycles. The number of amides is 2. The molecule has 1 aliphatic rings. The zero-order valence-corrected chi connectivity index (χ0v) is 15.9. The van der Waals surface area contributed by atoms with E-state index in [9.17, 15) is 9.59 Å². The Bertz CT molecular complexity index is 766. The molecule has 2 aromatic carbocycles. The first-order valence-corrected chi connectivity index (χ1v) is 9.30. The van der Waals surface area contributed by atoms with Gasteiger partial charge < -0.3 is 14.5 Å². The molecule has 0 bridgehead atoms. The smallest absolute Gasteiger partial charge is 0.223 e. The zero-order chi connectivity index (χ0) is 19.2. The first-order chi connectivity index (χ1) is 13.1. The molecule has 0 aromatic heterocycles. The number of carbonyl (C=O) groups excluding carboxylic acids is 2. The summed E-state index contributed by atoms with van der Waals surface area (Å²) in [4.78, 5) is 28.1. The minimum absolute atomic E-state index is 0.00422. The van der Waals surface area contributed by atoms with Crippen LogP contribution in [0.2, 0.25) is 0 Å². The van der Waals surface area contributed by atoms with Gasteiger partial charge in [-0.15, -0.1) is 0 Å². The van der Waals surface area contributed by atoms with Gasteiger partial charge in [-0.05, 0) is 23.3 Å². The molecular weight excluding hydrogens is 340 g/mol. The first kappa shape index (κ1) is 19.0. The summed E-state index contributed by atoms with van der Waals surface area (Å²) >= 11 is 0. The highest BCUT2D eigenvalue weighted by Crippen LogP contribution is 2.30. The molecule has 1 aliphatic heterocycles. The van der Waals surface area contributed by atoms with Gasteiger partial charge in [-0.2, -0.15) is 0 Å². The van der Waals surface area contributed by atoms with Crippen molar-refractivity contribution in [2.75, 3.05) is 33.3 Å². The second-order valence-electron chi connectivity index (χ2n) is 6.83. The predicted octanol–water partition coefficient (Wildman–Crippen LogP) is 2.91. The van der Waals surface area contributed by atoms with Gasteiger partial charge in [0.25, 0.3) is 0 Å². The van der Waals surface area contributed by atoms with Crippen LogP contribution >= 0.6 is 0 Å². The lowest BCUT2D eigenvalue weighted by molar-refractivity contribution is -0.138. The maximum absolute atomic E-state index is 13.0. The van der Waals surface area contributed by atoms with Crippen molar-refractivity contribution < 1.29 is 14.3 Å². The summed E-state index contributed by atoms with van der Waals surface area (Å²) < 4.78 is 5.25. The first-order valence-electron chi connectivity index (χ1n) is 9.30. The SMILES string of the molecule is COc1ccc([C@@H](CC(=O)N2CCN(C(C)=O)CC2)c2ccccc2)cc1. The van der Waals surface area contributed by atoms with E-state index in [1.807, 2.05) is 47.4 Å². The highest BCUT2D eigenvalue weighted by atomic mass is 16.5. The fourth-order valence-electron chi connectivity index (χ4n) is 3.52. The van der Waals surface area contributed by atoms with Crippen LogP contribution < -0.4 is 4.74 Å². The summed E-state index contributed by atoms with van der Waals surface area (Å²) in [6, 6.07) is 18.0. The number of rotatable bonds is 5. The van der Waals surface area contributed by atoms with Gasteiger partial charge in [-0.25, -0.2) is 0 Å². The molecule has 3 rings (SSSR count). The molecule has 1 saturated heterocycles. The second-order valence-corrected chi connectivity index (χ2v) is 6.83. The third kappa shape index (κ3) is 4.67. The summed E-state index contributed by atoms with van der Waals surface area (Å²) in [6.45, 7) is 4.00. The Morgan fingerprint density at radius 3 is 2.00 bits per heavy atom. The summed E-state index contributed by atoms with van der Waals surface area (Å²) in [5.41, 5.74) is 2.22. The van der Waals surface area contributed by atoms with Gasteiger partial charge in [0.1, 0.15) is 5.75 Å². The number of methoxy groups -OCH3 is 1. The van der Waals surface area contributed by atoms with Crippen LogP contribution in [0, 0.1) is 0 Å². The van der Waals surface area contributed by atoms with E-state index in [2.05, 4.69) is 12.1 Å². The molecule has 0 saturated carbocycles. The molecule has 0 N–H and O–H groups in total. The van der Waals surface area contributed by atoms with Crippen LogP contribution in [0.3, 0.4) is 0 Å². The van der Waals surface area contributed by atoms with E-state index in [1.165, 1.54) is 0 Å². The Balaban J connectivity index is 1.75. The molecule has 0 radical (unpaired) electrons. The number of carbonyl (C=O) groups is 2. The normalized spacial score (nSPS) is 15.3. The van der Waals surface area contributed by atoms with Crippen LogP contribution in [0.5, 0.6) is 5.75 Å². The molecule has 0 spiro atoms. The van der Waals surface area contributed by atoms with E-state index >= 15 is 0 Å². The number of hydrogen-bond donors (Lipinski definition) is 0. The van der Waals surface area contributed by atoms with Gasteiger partial charge >= 0.3 is 0 Å². The number of benzene rings is 2. The van der Waals surface area contributed by atoms with Crippen molar-refractivity contribution in [1.82, 2.24) is 9.80 Å². The molecule has 1 atom stereocenters. The van der Waals surface area contributed by atoms with E-state index in [0.717, 1.165) is 16.9 Å². The lowest BCUT2D eigenvalue weighted by Crippen LogP contribution is -2.50. The lowest BCUT2D eigenvalue weighted by Gasteiger charge is -2.35. The minimum Gasteiger partial charge on any atom is -0.497 e. The molecule has 1 fully saturated rings. The fourth-order valence-corrected chi connectivity index (χ4v) is 3.52. The maximum Gasteiger partial charge on any atom is 0.223 e. The van der Waals surface area contributed by atoms with Crippen molar-refractivity contribution in [2.24, 2.45) is 0 Å². The third-order valence-corrected chi connectivity index (χ3v) is 5.18. The molecule has 142 valence electrons. The van der Waals surface area contributed by atoms with Crippen LogP contribution in [0.4, 0.5) is 0 Å². The van der Waals surface area contributed by atoms with Crippen molar-refractivity contribution in [2.45, 2.75) is 19.3 Å². The van der Waals surface area contributed by atoms with Gasteiger partial charge in [-0.3, -0.25) is 9.59 Å². The Kier molecular flexibility index (Phi) is 6.12. The van der Waals surface area contributed by atoms with Gasteiger partial charge in [0.05, 0.1) is 7.11 Å². The molecule has 2 amide bonds. The summed E-state index contributed by atoms with van der Waals surface area (Å²) in [5.74, 6) is 0.998. The predicted molar refractivity (Wildman–Crippen MR) is 105 cm³/mol. The summed E-state index contributed by atoms with van der Waals surface area (Å²) in [5, 5.41) is 0. The minimum atomic E-state index is -0.00422. The number of nitrogens with zero attached hydrogens (tertiary/aromatic N) is 2. The van der Waals surface area contributed by atoms with E-state index in [0.29, 0.717) is 32.6 Å². The van der Waals surface area contributed by atoms with Crippen LogP contribution in [0.25, 0.3) is 0 Å². The maximum atomic E-state index is 13.0. The average Bonchev–Trinajstić information content (AvgIpc) is 2.72. The Morgan fingerprint density at radius 1 is 0.889 bits per heavy atom. The van der Waals surface area contributed by atoms with E-state index < -0.39 is 0 Å². The monoisotopic (exact) mass is 366 g/mol. The number of piperazine rings is 1. The van der Waals surface area contributed by atoms with Crippen LogP contribution in [-0.4, -0.2) is 54.9 Å². The molecular formula is C22H26N2O3. The molecule has 5 nitrogen and oxygen atoms in total. The Hall–Kier alpha value is -2.82. The van der Waals surface area contributed by atoms with Crippen molar-refractivity contribution in [3.8, 4) is 5.75 Å². The Labute approximate surface area is 160 Å². The van der Waals surface area contributed by atoms with Gasteiger partial charge in [-0.1, -0.05) is 42.5 Å². The van der Waals surface area contributed by atoms with E-state index in [1.54, 1.807) is 18.9 Å². The molecule has 2 aromatic rings. The third-order valence-electron chi connectivity index (χ3n) is 5.18. The van der Waals surface area contributed by atoms with Gasteiger partial charge in [0, 0.05) is 45.4 Å². The zero-order valence-electron chi connectivity index (χ0n) is 15.9. The molecule has 1 heterocycles.